The molecule has 0 rings (SSSR count). The predicted octanol–water partition coefficient (Wildman–Crippen LogP) is 0.356. The minimum Gasteiger partial charge on any atom is -0.383 e. The van der Waals surface area contributed by atoms with E-state index in [0.29, 0.717) is 0 Å². The summed E-state index contributed by atoms with van der Waals surface area (Å²) < 4.78 is 0. The quantitative estimate of drug-likeness (QED) is 0.479. The van der Waals surface area contributed by atoms with Crippen LogP contribution in [0.4, 0.5) is 0 Å². The molecule has 0 aliphatic heterocycles. The van der Waals surface area contributed by atoms with Gasteiger partial charge in [0.05, 0.1) is 0 Å². The Hall–Kier alpha value is -1.32. The third-order valence-corrected chi connectivity index (χ3v) is 1.13. The number of rotatable bonds is 2. The molecule has 2 N–H and O–H groups in total. The van der Waals surface area contributed by atoms with Crippen LogP contribution in [0.5, 0.6) is 0 Å². The Morgan fingerprint density at radius 3 is 2.25 bits per heavy atom. The summed E-state index contributed by atoms with van der Waals surface area (Å²) in [5, 5.41) is 0. The lowest BCUT2D eigenvalue weighted by Crippen LogP contribution is -2.17. The first-order valence-corrected chi connectivity index (χ1v) is 3.63. The Morgan fingerprint density at radius 2 is 1.92 bits per heavy atom. The van der Waals surface area contributed by atoms with Crippen molar-refractivity contribution in [3.63, 3.8) is 0 Å². The normalized spacial score (nSPS) is 13.0. The number of hydrogen-bond donors (Lipinski definition) is 1. The second kappa shape index (κ2) is 4.54. The van der Waals surface area contributed by atoms with E-state index in [9.17, 15) is 4.79 Å². The number of aliphatic imine (C=N–C) groups is 1. The van der Waals surface area contributed by atoms with Gasteiger partial charge in [-0.2, -0.15) is 4.99 Å². The topological polar surface area (TPSA) is 58.7 Å². The largest absolute Gasteiger partial charge is 0.383 e. The maximum absolute atomic E-state index is 10.5. The van der Waals surface area contributed by atoms with Gasteiger partial charge < -0.3 is 10.6 Å². The highest BCUT2D eigenvalue weighted by Crippen LogP contribution is 1.94. The lowest BCUT2D eigenvalue weighted by molar-refractivity contribution is -0.115. The highest BCUT2D eigenvalue weighted by Gasteiger charge is 1.97. The molecular formula is C8H15N3O. The van der Waals surface area contributed by atoms with Crippen molar-refractivity contribution >= 4 is 11.7 Å². The fraction of sp³-hybridized carbons (Fsp3) is 0.500. The zero-order chi connectivity index (χ0) is 9.72. The minimum atomic E-state index is -0.279. The first-order valence-electron chi connectivity index (χ1n) is 3.63. The van der Waals surface area contributed by atoms with Gasteiger partial charge >= 0.3 is 0 Å². The molecule has 0 saturated heterocycles. The molecule has 0 unspecified atom stereocenters. The summed E-state index contributed by atoms with van der Waals surface area (Å²) in [6.07, 6.45) is 1.81. The van der Waals surface area contributed by atoms with Crippen molar-refractivity contribution < 1.29 is 4.79 Å². The lowest BCUT2D eigenvalue weighted by atomic mass is 10.3. The van der Waals surface area contributed by atoms with Gasteiger partial charge in [0.1, 0.15) is 5.84 Å². The molecule has 0 radical (unpaired) electrons. The van der Waals surface area contributed by atoms with Crippen molar-refractivity contribution in [3.05, 3.63) is 11.8 Å². The molecule has 0 aromatic heterocycles. The number of amidine groups is 1. The summed E-state index contributed by atoms with van der Waals surface area (Å²) in [6, 6.07) is 0. The van der Waals surface area contributed by atoms with E-state index in [1.54, 1.807) is 0 Å². The van der Waals surface area contributed by atoms with Crippen LogP contribution in [0.2, 0.25) is 0 Å². The number of amides is 1. The molecule has 0 aliphatic carbocycles. The van der Waals surface area contributed by atoms with E-state index >= 15 is 0 Å². The maximum atomic E-state index is 10.5. The molecule has 12 heavy (non-hydrogen) atoms. The van der Waals surface area contributed by atoms with Gasteiger partial charge in [-0.3, -0.25) is 4.79 Å². The monoisotopic (exact) mass is 169 g/mol. The van der Waals surface area contributed by atoms with Gasteiger partial charge in [0.2, 0.25) is 5.91 Å². The summed E-state index contributed by atoms with van der Waals surface area (Å²) in [5.41, 5.74) is 6.29. The van der Waals surface area contributed by atoms with Crippen LogP contribution in [0.15, 0.2) is 16.8 Å². The van der Waals surface area contributed by atoms with Crippen molar-refractivity contribution in [2.75, 3.05) is 14.1 Å². The standard InChI is InChI=1S/C8H15N3O/c1-6(5-11(3)4)8(9)10-7(2)12/h5H,1-4H3,(H2,9,10,12)/b6-5-. The molecule has 0 aromatic carbocycles. The molecule has 0 fully saturated rings. The van der Waals surface area contributed by atoms with Crippen LogP contribution in [-0.2, 0) is 4.79 Å². The van der Waals surface area contributed by atoms with Crippen molar-refractivity contribution in [1.29, 1.82) is 0 Å². The van der Waals surface area contributed by atoms with Crippen molar-refractivity contribution in [1.82, 2.24) is 4.90 Å². The van der Waals surface area contributed by atoms with Crippen LogP contribution in [0.3, 0.4) is 0 Å². The predicted molar refractivity (Wildman–Crippen MR) is 49.7 cm³/mol. The van der Waals surface area contributed by atoms with E-state index in [-0.39, 0.29) is 11.7 Å². The average Bonchev–Trinajstić information content (AvgIpc) is 1.84. The Kier molecular flexibility index (Phi) is 4.04. The lowest BCUT2D eigenvalue weighted by Gasteiger charge is -2.06. The molecule has 0 bridgehead atoms. The fourth-order valence-corrected chi connectivity index (χ4v) is 0.711. The fourth-order valence-electron chi connectivity index (χ4n) is 0.711. The van der Waals surface area contributed by atoms with Crippen LogP contribution in [0.1, 0.15) is 13.8 Å². The van der Waals surface area contributed by atoms with Gasteiger partial charge in [-0.25, -0.2) is 0 Å². The number of hydrogen-bond acceptors (Lipinski definition) is 2. The highest BCUT2D eigenvalue weighted by molar-refractivity contribution is 6.02. The smallest absolute Gasteiger partial charge is 0.244 e. The molecule has 4 nitrogen and oxygen atoms in total. The van der Waals surface area contributed by atoms with E-state index in [1.165, 1.54) is 6.92 Å². The molecular weight excluding hydrogens is 154 g/mol. The first kappa shape index (κ1) is 10.7. The van der Waals surface area contributed by atoms with Crippen LogP contribution >= 0.6 is 0 Å². The Bertz CT molecular complexity index is 228. The van der Waals surface area contributed by atoms with Crippen LogP contribution in [0, 0.1) is 0 Å². The Labute approximate surface area is 72.8 Å². The minimum absolute atomic E-state index is 0.274. The zero-order valence-corrected chi connectivity index (χ0v) is 7.96. The van der Waals surface area contributed by atoms with E-state index in [0.717, 1.165) is 5.57 Å². The average molecular weight is 169 g/mol. The van der Waals surface area contributed by atoms with Gasteiger partial charge in [0.25, 0.3) is 0 Å². The maximum Gasteiger partial charge on any atom is 0.244 e. The summed E-state index contributed by atoms with van der Waals surface area (Å²) in [4.78, 5) is 16.0. The molecule has 0 aliphatic rings. The Morgan fingerprint density at radius 1 is 1.42 bits per heavy atom. The number of nitrogens with zero attached hydrogens (tertiary/aromatic N) is 2. The highest BCUT2D eigenvalue weighted by atomic mass is 16.1. The third-order valence-electron chi connectivity index (χ3n) is 1.13. The van der Waals surface area contributed by atoms with E-state index in [1.807, 2.05) is 32.1 Å². The number of carbonyl (C=O) groups is 1. The third kappa shape index (κ3) is 4.49. The second-order valence-corrected chi connectivity index (χ2v) is 2.79. The summed E-state index contributed by atoms with van der Waals surface area (Å²) in [7, 11) is 3.76. The molecule has 0 atom stereocenters. The molecule has 68 valence electrons. The number of nitrogens with two attached hydrogens (primary N) is 1. The van der Waals surface area contributed by atoms with Gasteiger partial charge in [-0.1, -0.05) is 0 Å². The van der Waals surface area contributed by atoms with Crippen molar-refractivity contribution in [2.24, 2.45) is 10.7 Å². The van der Waals surface area contributed by atoms with Crippen molar-refractivity contribution in [3.8, 4) is 0 Å². The van der Waals surface area contributed by atoms with Crippen LogP contribution in [0.25, 0.3) is 0 Å². The molecule has 0 spiro atoms. The van der Waals surface area contributed by atoms with Crippen LogP contribution < -0.4 is 5.73 Å². The Balaban J connectivity index is 4.48. The number of carbonyl (C=O) groups excluding carboxylic acids is 1. The first-order chi connectivity index (χ1) is 5.43. The van der Waals surface area contributed by atoms with E-state index in [2.05, 4.69) is 4.99 Å². The molecule has 4 heteroatoms. The second-order valence-electron chi connectivity index (χ2n) is 2.79. The van der Waals surface area contributed by atoms with Crippen LogP contribution in [-0.4, -0.2) is 30.7 Å². The summed E-state index contributed by atoms with van der Waals surface area (Å²) in [6.45, 7) is 3.18. The zero-order valence-electron chi connectivity index (χ0n) is 7.96. The van der Waals surface area contributed by atoms with E-state index in [4.69, 9.17) is 5.73 Å². The van der Waals surface area contributed by atoms with Crippen molar-refractivity contribution in [2.45, 2.75) is 13.8 Å². The molecule has 1 amide bonds. The molecule has 0 aromatic rings. The van der Waals surface area contributed by atoms with E-state index < -0.39 is 0 Å². The SMILES string of the molecule is CC(=O)N=C(N)/C(C)=C\N(C)C. The molecule has 0 heterocycles. The summed E-state index contributed by atoms with van der Waals surface area (Å²) >= 11 is 0. The molecule has 0 saturated carbocycles. The van der Waals surface area contributed by atoms with Gasteiger partial charge in [0.15, 0.2) is 0 Å². The van der Waals surface area contributed by atoms with Gasteiger partial charge in [-0.05, 0) is 6.92 Å². The summed E-state index contributed by atoms with van der Waals surface area (Å²) in [5.74, 6) is -0.00444. The van der Waals surface area contributed by atoms with Gasteiger partial charge in [0, 0.05) is 32.8 Å². The van der Waals surface area contributed by atoms with Gasteiger partial charge in [-0.15, -0.1) is 0 Å².